The van der Waals surface area contributed by atoms with Crippen molar-refractivity contribution in [3.63, 3.8) is 0 Å². The molecule has 2 amide bonds. The van der Waals surface area contributed by atoms with Gasteiger partial charge in [-0.15, -0.1) is 0 Å². The molecular formula is C17H24N4O2. The second-order valence-electron chi connectivity index (χ2n) is 7.37. The van der Waals surface area contributed by atoms with Crippen molar-refractivity contribution in [2.24, 2.45) is 18.9 Å². The van der Waals surface area contributed by atoms with E-state index in [4.69, 9.17) is 0 Å². The highest BCUT2D eigenvalue weighted by Gasteiger charge is 2.45. The summed E-state index contributed by atoms with van der Waals surface area (Å²) >= 11 is 0. The maximum Gasteiger partial charge on any atom is 0.272 e. The van der Waals surface area contributed by atoms with Gasteiger partial charge < -0.3 is 9.80 Å². The van der Waals surface area contributed by atoms with Gasteiger partial charge in [0.25, 0.3) is 5.91 Å². The van der Waals surface area contributed by atoms with E-state index in [1.165, 1.54) is 0 Å². The smallest absolute Gasteiger partial charge is 0.272 e. The summed E-state index contributed by atoms with van der Waals surface area (Å²) in [7, 11) is 1.83. The topological polar surface area (TPSA) is 58.4 Å². The summed E-state index contributed by atoms with van der Waals surface area (Å²) in [5.41, 5.74) is 1.54. The van der Waals surface area contributed by atoms with Gasteiger partial charge in [0.05, 0.1) is 5.69 Å². The molecule has 1 aromatic heterocycles. The zero-order chi connectivity index (χ0) is 16.1. The molecule has 0 spiro atoms. The fraction of sp³-hybridized carbons (Fsp3) is 0.706. The number of piperidine rings is 3. The van der Waals surface area contributed by atoms with Crippen LogP contribution < -0.4 is 0 Å². The molecule has 6 nitrogen and oxygen atoms in total. The van der Waals surface area contributed by atoms with Crippen LogP contribution in [0.5, 0.6) is 0 Å². The Labute approximate surface area is 136 Å². The van der Waals surface area contributed by atoms with Gasteiger partial charge in [-0.25, -0.2) is 0 Å². The minimum absolute atomic E-state index is 0.0818. The number of rotatable bonds is 1. The number of aromatic nitrogens is 2. The Kier molecular flexibility index (Phi) is 3.43. The molecule has 0 N–H and O–H groups in total. The summed E-state index contributed by atoms with van der Waals surface area (Å²) in [6, 6.07) is 2.21. The highest BCUT2D eigenvalue weighted by atomic mass is 16.2. The zero-order valence-electron chi connectivity index (χ0n) is 13.9. The number of likely N-dealkylation sites (tertiary alicyclic amines) is 1. The van der Waals surface area contributed by atoms with Crippen LogP contribution in [-0.2, 0) is 11.8 Å². The third-order valence-corrected chi connectivity index (χ3v) is 5.69. The van der Waals surface area contributed by atoms with Crippen molar-refractivity contribution in [3.8, 4) is 0 Å². The van der Waals surface area contributed by atoms with E-state index < -0.39 is 0 Å². The van der Waals surface area contributed by atoms with Crippen LogP contribution in [0.2, 0.25) is 0 Å². The van der Waals surface area contributed by atoms with Crippen LogP contribution in [0.15, 0.2) is 6.07 Å². The Hall–Kier alpha value is -1.85. The minimum Gasteiger partial charge on any atom is -0.339 e. The summed E-state index contributed by atoms with van der Waals surface area (Å²) in [5.74, 6) is 1.26. The largest absolute Gasteiger partial charge is 0.339 e. The van der Waals surface area contributed by atoms with Gasteiger partial charge >= 0.3 is 0 Å². The van der Waals surface area contributed by atoms with Crippen molar-refractivity contribution in [1.29, 1.82) is 0 Å². The summed E-state index contributed by atoms with van der Waals surface area (Å²) in [4.78, 5) is 29.2. The Morgan fingerprint density at radius 3 is 2.87 bits per heavy atom. The van der Waals surface area contributed by atoms with Gasteiger partial charge in [-0.3, -0.25) is 14.3 Å². The van der Waals surface area contributed by atoms with Crippen molar-refractivity contribution >= 4 is 11.8 Å². The molecule has 2 bridgehead atoms. The summed E-state index contributed by atoms with van der Waals surface area (Å²) in [6.45, 7) is 4.27. The van der Waals surface area contributed by atoms with Crippen molar-refractivity contribution < 1.29 is 9.59 Å². The Balaban J connectivity index is 1.54. The summed E-state index contributed by atoms with van der Waals surface area (Å²) in [6.07, 6.45) is 3.95. The van der Waals surface area contributed by atoms with E-state index in [1.54, 1.807) is 4.68 Å². The van der Waals surface area contributed by atoms with Crippen LogP contribution in [0, 0.1) is 18.8 Å². The predicted molar refractivity (Wildman–Crippen MR) is 84.8 cm³/mol. The maximum atomic E-state index is 12.9. The average molecular weight is 316 g/mol. The molecule has 4 heterocycles. The number of carbonyl (C=O) groups excluding carboxylic acids is 2. The number of amides is 2. The number of nitrogens with zero attached hydrogens (tertiary/aromatic N) is 4. The standard InChI is InChI=1S/C17H24N4O2/c1-11-6-15(19(2)18-11)17(23)20-8-12-7-13(10-20)14-4-3-5-16(22)21(14)9-12/h6,12-14H,3-5,7-10H2,1-2H3/t12-,13-,14-/m1/s1. The van der Waals surface area contributed by atoms with Crippen molar-refractivity contribution in [3.05, 3.63) is 17.5 Å². The van der Waals surface area contributed by atoms with Crippen LogP contribution in [0.1, 0.15) is 41.9 Å². The molecule has 0 aromatic carbocycles. The van der Waals surface area contributed by atoms with E-state index in [9.17, 15) is 9.59 Å². The summed E-state index contributed by atoms with van der Waals surface area (Å²) < 4.78 is 1.68. The number of fused-ring (bicyclic) bond motifs is 4. The molecular weight excluding hydrogens is 292 g/mol. The minimum atomic E-state index is 0.0818. The molecule has 6 heteroatoms. The monoisotopic (exact) mass is 316 g/mol. The zero-order valence-corrected chi connectivity index (χ0v) is 13.9. The molecule has 1 aromatic rings. The second kappa shape index (κ2) is 5.35. The lowest BCUT2D eigenvalue weighted by atomic mass is 9.76. The molecule has 124 valence electrons. The van der Waals surface area contributed by atoms with E-state index in [1.807, 2.05) is 24.9 Å². The van der Waals surface area contributed by atoms with Gasteiger partial charge in [0.2, 0.25) is 5.91 Å². The van der Waals surface area contributed by atoms with E-state index in [-0.39, 0.29) is 5.91 Å². The maximum absolute atomic E-state index is 12.9. The summed E-state index contributed by atoms with van der Waals surface area (Å²) in [5, 5.41) is 4.29. The lowest BCUT2D eigenvalue weighted by Gasteiger charge is -2.52. The quantitative estimate of drug-likeness (QED) is 0.782. The third kappa shape index (κ3) is 2.44. The van der Waals surface area contributed by atoms with Gasteiger partial charge in [-0.1, -0.05) is 0 Å². The molecule has 3 aliphatic rings. The number of hydrogen-bond acceptors (Lipinski definition) is 3. The highest BCUT2D eigenvalue weighted by molar-refractivity contribution is 5.92. The van der Waals surface area contributed by atoms with Gasteiger partial charge in [0.15, 0.2) is 0 Å². The lowest BCUT2D eigenvalue weighted by Crippen LogP contribution is -2.61. The van der Waals surface area contributed by atoms with E-state index >= 15 is 0 Å². The van der Waals surface area contributed by atoms with E-state index in [0.29, 0.717) is 35.9 Å². The number of aryl methyl sites for hydroxylation is 2. The van der Waals surface area contributed by atoms with Crippen LogP contribution >= 0.6 is 0 Å². The van der Waals surface area contributed by atoms with Gasteiger partial charge in [-0.05, 0) is 44.1 Å². The first-order valence-corrected chi connectivity index (χ1v) is 8.62. The van der Waals surface area contributed by atoms with Crippen molar-refractivity contribution in [2.45, 2.75) is 38.6 Å². The Morgan fingerprint density at radius 2 is 2.13 bits per heavy atom. The van der Waals surface area contributed by atoms with Gasteiger partial charge in [0, 0.05) is 39.1 Å². The fourth-order valence-corrected chi connectivity index (χ4v) is 4.75. The molecule has 0 unspecified atom stereocenters. The van der Waals surface area contributed by atoms with Crippen molar-refractivity contribution in [1.82, 2.24) is 19.6 Å². The van der Waals surface area contributed by atoms with Crippen LogP contribution in [0.3, 0.4) is 0 Å². The predicted octanol–water partition coefficient (Wildman–Crippen LogP) is 1.20. The molecule has 0 radical (unpaired) electrons. The van der Waals surface area contributed by atoms with Crippen LogP contribution in [0.4, 0.5) is 0 Å². The SMILES string of the molecule is Cc1cc(C(=O)N2C[C@H]3C[C@H](C2)[C@H]2CCCC(=O)N2C3)n(C)n1. The van der Waals surface area contributed by atoms with Gasteiger partial charge in [-0.2, -0.15) is 5.10 Å². The number of carbonyl (C=O) groups is 2. The molecule has 0 saturated carbocycles. The Morgan fingerprint density at radius 1 is 1.30 bits per heavy atom. The molecule has 3 atom stereocenters. The van der Waals surface area contributed by atoms with Crippen LogP contribution in [-0.4, -0.2) is 57.1 Å². The molecule has 0 aliphatic carbocycles. The fourth-order valence-electron chi connectivity index (χ4n) is 4.75. The molecule has 3 saturated heterocycles. The molecule has 3 aliphatic heterocycles. The molecule has 4 rings (SSSR count). The first kappa shape index (κ1) is 14.7. The highest BCUT2D eigenvalue weighted by Crippen LogP contribution is 2.38. The third-order valence-electron chi connectivity index (χ3n) is 5.69. The van der Waals surface area contributed by atoms with E-state index in [2.05, 4.69) is 10.00 Å². The van der Waals surface area contributed by atoms with Gasteiger partial charge in [0.1, 0.15) is 5.69 Å². The Bertz CT molecular complexity index is 653. The normalized spacial score (nSPS) is 30.3. The molecule has 23 heavy (non-hydrogen) atoms. The van der Waals surface area contributed by atoms with Crippen molar-refractivity contribution in [2.75, 3.05) is 19.6 Å². The lowest BCUT2D eigenvalue weighted by molar-refractivity contribution is -0.144. The first-order valence-electron chi connectivity index (χ1n) is 8.62. The first-order chi connectivity index (χ1) is 11.0. The second-order valence-corrected chi connectivity index (χ2v) is 7.37. The van der Waals surface area contributed by atoms with Crippen LogP contribution in [0.25, 0.3) is 0 Å². The van der Waals surface area contributed by atoms with E-state index in [0.717, 1.165) is 44.6 Å². The number of hydrogen-bond donors (Lipinski definition) is 0. The average Bonchev–Trinajstić information content (AvgIpc) is 2.86. The molecule has 3 fully saturated rings.